The van der Waals surface area contributed by atoms with Gasteiger partial charge in [0.2, 0.25) is 0 Å². The summed E-state index contributed by atoms with van der Waals surface area (Å²) in [7, 11) is 0. The van der Waals surface area contributed by atoms with Crippen LogP contribution >= 0.6 is 11.3 Å². The molecule has 0 radical (unpaired) electrons. The number of hydrogen-bond donors (Lipinski definition) is 1. The molecule has 3 heterocycles. The molecule has 0 aromatic carbocycles. The Morgan fingerprint density at radius 2 is 2.12 bits per heavy atom. The van der Waals surface area contributed by atoms with E-state index in [4.69, 9.17) is 5.73 Å². The van der Waals surface area contributed by atoms with Crippen molar-refractivity contribution in [2.75, 3.05) is 5.73 Å². The summed E-state index contributed by atoms with van der Waals surface area (Å²) in [4.78, 5) is 8.46. The zero-order valence-electron chi connectivity index (χ0n) is 9.51. The second kappa shape index (κ2) is 3.53. The molecule has 0 unspecified atom stereocenters. The van der Waals surface area contributed by atoms with E-state index in [0.29, 0.717) is 11.3 Å². The molecule has 0 amide bonds. The molecule has 0 aliphatic heterocycles. The van der Waals surface area contributed by atoms with E-state index in [9.17, 15) is 0 Å². The van der Waals surface area contributed by atoms with E-state index in [1.54, 1.807) is 23.6 Å². The molecule has 0 saturated heterocycles. The summed E-state index contributed by atoms with van der Waals surface area (Å²) in [5.74, 6) is 0. The molecule has 0 aliphatic rings. The summed E-state index contributed by atoms with van der Waals surface area (Å²) < 4.78 is 1.85. The van der Waals surface area contributed by atoms with Gasteiger partial charge in [0.25, 0.3) is 0 Å². The van der Waals surface area contributed by atoms with E-state index in [2.05, 4.69) is 15.1 Å². The molecular weight excluding hydrogens is 234 g/mol. The maximum absolute atomic E-state index is 5.95. The monoisotopic (exact) mass is 245 g/mol. The highest BCUT2D eigenvalue weighted by molar-refractivity contribution is 7.14. The normalized spacial score (nSPS) is 11.2. The number of nitrogen functional groups attached to an aromatic ring is 1. The van der Waals surface area contributed by atoms with Gasteiger partial charge in [0.05, 0.1) is 22.3 Å². The van der Waals surface area contributed by atoms with Crippen LogP contribution in [0.5, 0.6) is 0 Å². The van der Waals surface area contributed by atoms with Crippen molar-refractivity contribution < 1.29 is 0 Å². The first kappa shape index (κ1) is 10.2. The fraction of sp³-hybridized carbons (Fsp3) is 0.182. The number of pyridine rings is 1. The number of rotatable bonds is 1. The van der Waals surface area contributed by atoms with E-state index in [0.717, 1.165) is 21.1 Å². The Morgan fingerprint density at radius 3 is 2.76 bits per heavy atom. The Hall–Kier alpha value is -1.95. The predicted octanol–water partition coefficient (Wildman–Crippen LogP) is 2.08. The molecule has 17 heavy (non-hydrogen) atoms. The van der Waals surface area contributed by atoms with Gasteiger partial charge in [-0.05, 0) is 19.9 Å². The Kier molecular flexibility index (Phi) is 2.12. The Labute approximate surface area is 102 Å². The molecule has 3 rings (SSSR count). The average Bonchev–Trinajstić information content (AvgIpc) is 2.84. The zero-order valence-corrected chi connectivity index (χ0v) is 10.3. The lowest BCUT2D eigenvalue weighted by Crippen LogP contribution is -1.95. The molecule has 0 spiro atoms. The number of nitrogens with two attached hydrogens (primary N) is 1. The number of fused-ring (bicyclic) bond motifs is 1. The van der Waals surface area contributed by atoms with Crippen LogP contribution in [-0.4, -0.2) is 19.7 Å². The van der Waals surface area contributed by atoms with Crippen LogP contribution in [0.3, 0.4) is 0 Å². The van der Waals surface area contributed by atoms with Gasteiger partial charge in [-0.2, -0.15) is 0 Å². The first-order valence-corrected chi connectivity index (χ1v) is 6.01. The van der Waals surface area contributed by atoms with Crippen LogP contribution in [0.25, 0.3) is 16.0 Å². The maximum Gasteiger partial charge on any atom is 0.183 e. The molecule has 0 bridgehead atoms. The Morgan fingerprint density at radius 1 is 1.29 bits per heavy atom. The van der Waals surface area contributed by atoms with Crippen molar-refractivity contribution in [3.8, 4) is 5.00 Å². The van der Waals surface area contributed by atoms with Crippen molar-refractivity contribution in [2.24, 2.45) is 0 Å². The molecule has 3 aromatic rings. The molecule has 3 aromatic heterocycles. The van der Waals surface area contributed by atoms with Gasteiger partial charge in [0, 0.05) is 11.9 Å². The number of thiazole rings is 1. The number of hydrogen-bond acceptors (Lipinski definition) is 5. The summed E-state index contributed by atoms with van der Waals surface area (Å²) in [5.41, 5.74) is 8.33. The van der Waals surface area contributed by atoms with Crippen LogP contribution in [0.4, 0.5) is 5.69 Å². The van der Waals surface area contributed by atoms with Crippen LogP contribution in [0.1, 0.15) is 10.7 Å². The molecule has 0 aliphatic carbocycles. The molecule has 0 fully saturated rings. The third kappa shape index (κ3) is 1.49. The van der Waals surface area contributed by atoms with Crippen molar-refractivity contribution in [2.45, 2.75) is 13.8 Å². The molecule has 6 heteroatoms. The van der Waals surface area contributed by atoms with Crippen LogP contribution < -0.4 is 5.73 Å². The fourth-order valence-electron chi connectivity index (χ4n) is 1.85. The highest BCUT2D eigenvalue weighted by Gasteiger charge is 2.13. The maximum atomic E-state index is 5.95. The first-order valence-electron chi connectivity index (χ1n) is 5.19. The zero-order chi connectivity index (χ0) is 12.0. The second-order valence-electron chi connectivity index (χ2n) is 3.81. The first-order chi connectivity index (χ1) is 8.16. The van der Waals surface area contributed by atoms with Crippen molar-refractivity contribution in [3.63, 3.8) is 0 Å². The predicted molar refractivity (Wildman–Crippen MR) is 68.4 cm³/mol. The fourth-order valence-corrected chi connectivity index (χ4v) is 2.63. The van der Waals surface area contributed by atoms with Gasteiger partial charge in [-0.3, -0.25) is 0 Å². The van der Waals surface area contributed by atoms with Gasteiger partial charge in [-0.1, -0.05) is 11.3 Å². The summed E-state index contributed by atoms with van der Waals surface area (Å²) in [6.07, 6.45) is 3.49. The minimum absolute atomic E-state index is 0.675. The van der Waals surface area contributed by atoms with E-state index >= 15 is 0 Å². The lowest BCUT2D eigenvalue weighted by atomic mass is 10.2. The van der Waals surface area contributed by atoms with Gasteiger partial charge < -0.3 is 5.73 Å². The van der Waals surface area contributed by atoms with Gasteiger partial charge in [0.15, 0.2) is 5.65 Å². The van der Waals surface area contributed by atoms with Crippen molar-refractivity contribution in [1.29, 1.82) is 0 Å². The minimum atomic E-state index is 0.675. The summed E-state index contributed by atoms with van der Waals surface area (Å²) in [6, 6.07) is 1.79. The van der Waals surface area contributed by atoms with Crippen LogP contribution in [0, 0.1) is 13.8 Å². The van der Waals surface area contributed by atoms with E-state index in [1.807, 2.05) is 24.7 Å². The Bertz CT molecular complexity index is 697. The van der Waals surface area contributed by atoms with Crippen molar-refractivity contribution >= 4 is 28.1 Å². The van der Waals surface area contributed by atoms with Gasteiger partial charge in [-0.25, -0.2) is 14.6 Å². The van der Waals surface area contributed by atoms with E-state index < -0.39 is 0 Å². The SMILES string of the molecule is Cc1ncc(-n2nc3nccc(N)c3c2C)s1. The summed E-state index contributed by atoms with van der Waals surface area (Å²) in [5, 5.41) is 7.37. The number of aromatic nitrogens is 4. The van der Waals surface area contributed by atoms with Gasteiger partial charge in [-0.15, -0.1) is 5.10 Å². The van der Waals surface area contributed by atoms with E-state index in [-0.39, 0.29) is 0 Å². The molecule has 5 nitrogen and oxygen atoms in total. The third-order valence-corrected chi connectivity index (χ3v) is 3.54. The van der Waals surface area contributed by atoms with Crippen molar-refractivity contribution in [1.82, 2.24) is 19.7 Å². The number of nitrogens with zero attached hydrogens (tertiary/aromatic N) is 4. The molecule has 0 atom stereocenters. The van der Waals surface area contributed by atoms with Crippen LogP contribution in [-0.2, 0) is 0 Å². The lowest BCUT2D eigenvalue weighted by Gasteiger charge is -1.98. The van der Waals surface area contributed by atoms with Crippen molar-refractivity contribution in [3.05, 3.63) is 29.2 Å². The number of anilines is 1. The topological polar surface area (TPSA) is 69.6 Å². The molecule has 0 saturated carbocycles. The second-order valence-corrected chi connectivity index (χ2v) is 5.03. The van der Waals surface area contributed by atoms with Gasteiger partial charge in [0.1, 0.15) is 5.00 Å². The molecular formula is C11H11N5S. The molecule has 86 valence electrons. The summed E-state index contributed by atoms with van der Waals surface area (Å²) in [6.45, 7) is 3.96. The highest BCUT2D eigenvalue weighted by Crippen LogP contribution is 2.26. The standard InChI is InChI=1S/C11H11N5S/c1-6-10-8(12)3-4-13-11(10)15-16(6)9-5-14-7(2)17-9/h3-5H,12H2,1-2H3. The number of aryl methyl sites for hydroxylation is 2. The minimum Gasteiger partial charge on any atom is -0.398 e. The van der Waals surface area contributed by atoms with Gasteiger partial charge >= 0.3 is 0 Å². The smallest absolute Gasteiger partial charge is 0.183 e. The highest BCUT2D eigenvalue weighted by atomic mass is 32.1. The third-order valence-electron chi connectivity index (χ3n) is 2.66. The van der Waals surface area contributed by atoms with Crippen LogP contribution in [0.15, 0.2) is 18.5 Å². The lowest BCUT2D eigenvalue weighted by molar-refractivity contribution is 0.869. The van der Waals surface area contributed by atoms with E-state index in [1.165, 1.54) is 0 Å². The molecule has 2 N–H and O–H groups in total. The quantitative estimate of drug-likeness (QED) is 0.712. The Balaban J connectivity index is 2.32. The average molecular weight is 245 g/mol. The summed E-state index contributed by atoms with van der Waals surface area (Å²) >= 11 is 1.60. The van der Waals surface area contributed by atoms with Crippen LogP contribution in [0.2, 0.25) is 0 Å². The largest absolute Gasteiger partial charge is 0.398 e.